The third-order valence-corrected chi connectivity index (χ3v) is 7.18. The Morgan fingerprint density at radius 2 is 1.72 bits per heavy atom. The average molecular weight is 469 g/mol. The van der Waals surface area contributed by atoms with Gasteiger partial charge in [0, 0.05) is 35.0 Å². The molecular weight excluding hydrogens is 444 g/mol. The summed E-state index contributed by atoms with van der Waals surface area (Å²) in [4.78, 5) is 16.1. The zero-order valence-corrected chi connectivity index (χ0v) is 20.3. The third kappa shape index (κ3) is 4.40. The van der Waals surface area contributed by atoms with Gasteiger partial charge in [-0.05, 0) is 62.1 Å². The number of hydrogen-bond acceptors (Lipinski definition) is 5. The van der Waals surface area contributed by atoms with Crippen LogP contribution in [0.3, 0.4) is 0 Å². The van der Waals surface area contributed by atoms with Crippen molar-refractivity contribution in [1.82, 2.24) is 19.7 Å². The highest BCUT2D eigenvalue weighted by molar-refractivity contribution is 7.98. The van der Waals surface area contributed by atoms with Crippen molar-refractivity contribution in [2.24, 2.45) is 7.05 Å². The number of aryl methyl sites for hydroxylation is 4. The molecule has 0 atom stereocenters. The number of H-pyrrole nitrogens is 1. The SMILES string of the molecule is Cc1cc(OCc2nnc(SCc3cc(=O)c4c(C)ccc(C)c4[nH]3)n2C)cc(C)c1Cl. The van der Waals surface area contributed by atoms with E-state index in [1.165, 1.54) is 11.8 Å². The van der Waals surface area contributed by atoms with E-state index in [1.54, 1.807) is 6.07 Å². The summed E-state index contributed by atoms with van der Waals surface area (Å²) in [5, 5.41) is 10.8. The molecule has 0 aliphatic heterocycles. The molecular formula is C24H25ClN4O2S. The van der Waals surface area contributed by atoms with Crippen LogP contribution in [0.4, 0.5) is 0 Å². The number of rotatable bonds is 6. The first-order valence-electron chi connectivity index (χ1n) is 10.3. The van der Waals surface area contributed by atoms with Gasteiger partial charge in [-0.3, -0.25) is 4.79 Å². The fourth-order valence-corrected chi connectivity index (χ4v) is 4.62. The van der Waals surface area contributed by atoms with E-state index in [0.717, 1.165) is 60.6 Å². The van der Waals surface area contributed by atoms with E-state index in [-0.39, 0.29) is 5.43 Å². The Morgan fingerprint density at radius 1 is 1.03 bits per heavy atom. The maximum Gasteiger partial charge on any atom is 0.191 e. The minimum atomic E-state index is 0.0381. The maximum absolute atomic E-state index is 12.7. The highest BCUT2D eigenvalue weighted by Gasteiger charge is 2.13. The number of aromatic amines is 1. The lowest BCUT2D eigenvalue weighted by molar-refractivity contribution is 0.290. The summed E-state index contributed by atoms with van der Waals surface area (Å²) in [6.45, 7) is 8.18. The van der Waals surface area contributed by atoms with E-state index >= 15 is 0 Å². The van der Waals surface area contributed by atoms with Crippen LogP contribution in [0.15, 0.2) is 40.3 Å². The summed E-state index contributed by atoms with van der Waals surface area (Å²) in [7, 11) is 1.91. The number of aromatic nitrogens is 4. The minimum Gasteiger partial charge on any atom is -0.486 e. The summed E-state index contributed by atoms with van der Waals surface area (Å²) in [6.07, 6.45) is 0. The van der Waals surface area contributed by atoms with Crippen LogP contribution >= 0.6 is 23.4 Å². The molecule has 0 fully saturated rings. The molecule has 0 saturated heterocycles. The Bertz CT molecular complexity index is 1350. The summed E-state index contributed by atoms with van der Waals surface area (Å²) in [5.41, 5.74) is 5.78. The summed E-state index contributed by atoms with van der Waals surface area (Å²) < 4.78 is 7.83. The second kappa shape index (κ2) is 9.00. The van der Waals surface area contributed by atoms with Crippen LogP contribution in [-0.2, 0) is 19.4 Å². The zero-order valence-electron chi connectivity index (χ0n) is 18.7. The normalized spacial score (nSPS) is 11.3. The van der Waals surface area contributed by atoms with Crippen molar-refractivity contribution in [3.8, 4) is 5.75 Å². The van der Waals surface area contributed by atoms with Gasteiger partial charge in [0.15, 0.2) is 16.4 Å². The number of fused-ring (bicyclic) bond motifs is 1. The van der Waals surface area contributed by atoms with Crippen molar-refractivity contribution in [2.75, 3.05) is 0 Å². The van der Waals surface area contributed by atoms with Crippen LogP contribution in [0.5, 0.6) is 5.75 Å². The number of hydrogen-bond donors (Lipinski definition) is 1. The van der Waals surface area contributed by atoms with Crippen LogP contribution in [0.2, 0.25) is 5.02 Å². The molecule has 0 amide bonds. The second-order valence-electron chi connectivity index (χ2n) is 8.01. The molecule has 0 bridgehead atoms. The largest absolute Gasteiger partial charge is 0.486 e. The van der Waals surface area contributed by atoms with Gasteiger partial charge in [-0.1, -0.05) is 35.5 Å². The Kier molecular flexibility index (Phi) is 6.31. The lowest BCUT2D eigenvalue weighted by atomic mass is 10.0. The van der Waals surface area contributed by atoms with E-state index < -0.39 is 0 Å². The molecule has 0 radical (unpaired) electrons. The van der Waals surface area contributed by atoms with Gasteiger partial charge in [-0.15, -0.1) is 10.2 Å². The number of halogens is 1. The summed E-state index contributed by atoms with van der Waals surface area (Å²) in [6, 6.07) is 9.52. The molecule has 8 heteroatoms. The van der Waals surface area contributed by atoms with Crippen LogP contribution in [0.25, 0.3) is 10.9 Å². The standard InChI is InChI=1S/C24H25ClN4O2S/c1-13-6-7-14(2)23-21(13)19(30)10-17(26-23)12-32-24-28-27-20(29(24)5)11-31-18-8-15(3)22(25)16(4)9-18/h6-10H,11-12H2,1-5H3,(H,26,30). The molecule has 0 saturated carbocycles. The Morgan fingerprint density at radius 3 is 2.44 bits per heavy atom. The number of benzene rings is 2. The molecule has 1 N–H and O–H groups in total. The highest BCUT2D eigenvalue weighted by atomic mass is 35.5. The lowest BCUT2D eigenvalue weighted by Crippen LogP contribution is -2.07. The lowest BCUT2D eigenvalue weighted by Gasteiger charge is -2.10. The fourth-order valence-electron chi connectivity index (χ4n) is 3.67. The Hall–Kier alpha value is -2.77. The van der Waals surface area contributed by atoms with E-state index in [2.05, 4.69) is 15.2 Å². The predicted octanol–water partition coefficient (Wildman–Crippen LogP) is 5.41. The summed E-state index contributed by atoms with van der Waals surface area (Å²) in [5.74, 6) is 2.05. The number of thioether (sulfide) groups is 1. The highest BCUT2D eigenvalue weighted by Crippen LogP contribution is 2.27. The molecule has 166 valence electrons. The molecule has 0 aliphatic rings. The van der Waals surface area contributed by atoms with Gasteiger partial charge >= 0.3 is 0 Å². The van der Waals surface area contributed by atoms with Crippen molar-refractivity contribution in [1.29, 1.82) is 0 Å². The van der Waals surface area contributed by atoms with Gasteiger partial charge in [0.05, 0.1) is 5.52 Å². The summed E-state index contributed by atoms with van der Waals surface area (Å²) >= 11 is 7.75. The molecule has 2 aromatic carbocycles. The molecule has 32 heavy (non-hydrogen) atoms. The first-order chi connectivity index (χ1) is 15.2. The molecule has 6 nitrogen and oxygen atoms in total. The quantitative estimate of drug-likeness (QED) is 0.383. The smallest absolute Gasteiger partial charge is 0.191 e. The van der Waals surface area contributed by atoms with Crippen molar-refractivity contribution in [2.45, 2.75) is 45.2 Å². The monoisotopic (exact) mass is 468 g/mol. The maximum atomic E-state index is 12.7. The minimum absolute atomic E-state index is 0.0381. The second-order valence-corrected chi connectivity index (χ2v) is 9.33. The first kappa shape index (κ1) is 22.4. The van der Waals surface area contributed by atoms with Gasteiger partial charge < -0.3 is 14.3 Å². The fraction of sp³-hybridized carbons (Fsp3) is 0.292. The van der Waals surface area contributed by atoms with E-state index in [0.29, 0.717) is 12.4 Å². The number of nitrogens with zero attached hydrogens (tertiary/aromatic N) is 3. The third-order valence-electron chi connectivity index (χ3n) is 5.52. The number of nitrogens with one attached hydrogen (secondary N) is 1. The van der Waals surface area contributed by atoms with Crippen molar-refractivity contribution in [3.05, 3.63) is 79.3 Å². The van der Waals surface area contributed by atoms with Crippen molar-refractivity contribution >= 4 is 34.3 Å². The molecule has 0 aliphatic carbocycles. The molecule has 0 unspecified atom stereocenters. The van der Waals surface area contributed by atoms with Crippen LogP contribution in [0.1, 0.15) is 33.8 Å². The molecule has 2 heterocycles. The van der Waals surface area contributed by atoms with E-state index in [9.17, 15) is 4.79 Å². The molecule has 4 aromatic rings. The first-order valence-corrected chi connectivity index (χ1v) is 11.6. The molecule has 2 aromatic heterocycles. The van der Waals surface area contributed by atoms with Gasteiger partial charge in [-0.25, -0.2) is 0 Å². The van der Waals surface area contributed by atoms with Crippen LogP contribution in [-0.4, -0.2) is 19.7 Å². The topological polar surface area (TPSA) is 72.8 Å². The van der Waals surface area contributed by atoms with Gasteiger partial charge in [0.2, 0.25) is 0 Å². The number of ether oxygens (including phenoxy) is 1. The van der Waals surface area contributed by atoms with Crippen molar-refractivity contribution in [3.63, 3.8) is 0 Å². The van der Waals surface area contributed by atoms with E-state index in [1.807, 2.05) is 63.6 Å². The Labute approximate surface area is 196 Å². The predicted molar refractivity (Wildman–Crippen MR) is 130 cm³/mol. The molecule has 4 rings (SSSR count). The Balaban J connectivity index is 1.48. The van der Waals surface area contributed by atoms with Crippen molar-refractivity contribution < 1.29 is 4.74 Å². The molecule has 0 spiro atoms. The number of pyridine rings is 1. The van der Waals surface area contributed by atoms with Crippen LogP contribution in [0, 0.1) is 27.7 Å². The van der Waals surface area contributed by atoms with Gasteiger partial charge in [0.1, 0.15) is 12.4 Å². The zero-order chi connectivity index (χ0) is 23.0. The van der Waals surface area contributed by atoms with E-state index in [4.69, 9.17) is 16.3 Å². The van der Waals surface area contributed by atoms with Gasteiger partial charge in [0.25, 0.3) is 0 Å². The van der Waals surface area contributed by atoms with Crippen LogP contribution < -0.4 is 10.2 Å². The van der Waals surface area contributed by atoms with Gasteiger partial charge in [-0.2, -0.15) is 0 Å². The average Bonchev–Trinajstić information content (AvgIpc) is 3.10.